The van der Waals surface area contributed by atoms with Crippen LogP contribution in [-0.2, 0) is 6.42 Å². The first-order valence-electron chi connectivity index (χ1n) is 9.44. The first kappa shape index (κ1) is 16.5. The van der Waals surface area contributed by atoms with Crippen molar-refractivity contribution in [1.82, 2.24) is 0 Å². The van der Waals surface area contributed by atoms with Gasteiger partial charge in [-0.1, -0.05) is 63.4 Å². The van der Waals surface area contributed by atoms with Gasteiger partial charge in [0.2, 0.25) is 0 Å². The summed E-state index contributed by atoms with van der Waals surface area (Å²) < 4.78 is 15.0. The molecule has 0 aromatic heterocycles. The predicted molar refractivity (Wildman–Crippen MR) is 97.5 cm³/mol. The summed E-state index contributed by atoms with van der Waals surface area (Å²) in [6.45, 7) is 4.45. The van der Waals surface area contributed by atoms with Crippen LogP contribution in [-0.4, -0.2) is 0 Å². The third kappa shape index (κ3) is 3.59. The lowest BCUT2D eigenvalue weighted by Crippen LogP contribution is -2.14. The van der Waals surface area contributed by atoms with Crippen LogP contribution in [0.15, 0.2) is 30.3 Å². The van der Waals surface area contributed by atoms with Crippen molar-refractivity contribution in [2.75, 3.05) is 0 Å². The molecule has 2 aromatic carbocycles. The van der Waals surface area contributed by atoms with Crippen molar-refractivity contribution in [2.24, 2.45) is 5.92 Å². The van der Waals surface area contributed by atoms with Gasteiger partial charge in [0.15, 0.2) is 0 Å². The molecule has 2 aromatic rings. The molecule has 0 aliphatic heterocycles. The van der Waals surface area contributed by atoms with Crippen LogP contribution in [0.25, 0.3) is 10.8 Å². The fourth-order valence-electron chi connectivity index (χ4n) is 4.29. The lowest BCUT2D eigenvalue weighted by atomic mass is 9.77. The normalized spacial score (nSPS) is 21.7. The second kappa shape index (κ2) is 7.47. The summed E-state index contributed by atoms with van der Waals surface area (Å²) >= 11 is 0. The van der Waals surface area contributed by atoms with E-state index in [4.69, 9.17) is 0 Å². The van der Waals surface area contributed by atoms with Gasteiger partial charge >= 0.3 is 0 Å². The Morgan fingerprint density at radius 2 is 1.74 bits per heavy atom. The molecule has 0 radical (unpaired) electrons. The molecule has 1 heteroatoms. The number of hydrogen-bond acceptors (Lipinski definition) is 0. The SMILES string of the molecule is CCCc1ccc2c(F)c(C3CCC(CCC)CC3)ccc2c1. The Morgan fingerprint density at radius 3 is 2.43 bits per heavy atom. The summed E-state index contributed by atoms with van der Waals surface area (Å²) in [6, 6.07) is 10.4. The van der Waals surface area contributed by atoms with Crippen molar-refractivity contribution in [3.05, 3.63) is 47.3 Å². The molecule has 0 N–H and O–H groups in total. The van der Waals surface area contributed by atoms with Gasteiger partial charge in [0.25, 0.3) is 0 Å². The summed E-state index contributed by atoms with van der Waals surface area (Å²) in [5.74, 6) is 1.32. The Balaban J connectivity index is 1.82. The summed E-state index contributed by atoms with van der Waals surface area (Å²) in [5.41, 5.74) is 2.27. The van der Waals surface area contributed by atoms with Crippen molar-refractivity contribution >= 4 is 10.8 Å². The first-order valence-corrected chi connectivity index (χ1v) is 9.44. The van der Waals surface area contributed by atoms with Gasteiger partial charge in [0.1, 0.15) is 5.82 Å². The Hall–Kier alpha value is -1.37. The molecule has 0 unspecified atom stereocenters. The minimum atomic E-state index is 0.0319. The minimum absolute atomic E-state index is 0.0319. The van der Waals surface area contributed by atoms with Gasteiger partial charge in [-0.3, -0.25) is 0 Å². The number of halogens is 1. The van der Waals surface area contributed by atoms with E-state index >= 15 is 4.39 Å². The van der Waals surface area contributed by atoms with E-state index in [1.54, 1.807) is 0 Å². The van der Waals surface area contributed by atoms with Gasteiger partial charge in [-0.15, -0.1) is 0 Å². The van der Waals surface area contributed by atoms with Gasteiger partial charge in [0.05, 0.1) is 0 Å². The number of rotatable bonds is 5. The van der Waals surface area contributed by atoms with Gasteiger partial charge in [-0.25, -0.2) is 4.39 Å². The molecular formula is C22H29F. The third-order valence-corrected chi connectivity index (χ3v) is 5.57. The topological polar surface area (TPSA) is 0 Å². The maximum absolute atomic E-state index is 15.0. The van der Waals surface area contributed by atoms with E-state index in [1.807, 2.05) is 6.07 Å². The number of benzene rings is 2. The molecule has 23 heavy (non-hydrogen) atoms. The van der Waals surface area contributed by atoms with Crippen LogP contribution in [0, 0.1) is 11.7 Å². The molecule has 0 saturated heterocycles. The van der Waals surface area contributed by atoms with Crippen LogP contribution in [0.5, 0.6) is 0 Å². The van der Waals surface area contributed by atoms with Crippen LogP contribution in [0.3, 0.4) is 0 Å². The van der Waals surface area contributed by atoms with E-state index in [2.05, 4.69) is 38.1 Å². The molecule has 1 aliphatic rings. The maximum atomic E-state index is 15.0. The van der Waals surface area contributed by atoms with E-state index < -0.39 is 0 Å². The average molecular weight is 312 g/mol. The van der Waals surface area contributed by atoms with Gasteiger partial charge in [-0.05, 0) is 60.5 Å². The molecule has 0 heterocycles. The highest BCUT2D eigenvalue weighted by Crippen LogP contribution is 2.39. The van der Waals surface area contributed by atoms with Crippen molar-refractivity contribution in [1.29, 1.82) is 0 Å². The Labute approximate surface area is 140 Å². The highest BCUT2D eigenvalue weighted by molar-refractivity contribution is 5.84. The van der Waals surface area contributed by atoms with Crippen LogP contribution in [0.4, 0.5) is 4.39 Å². The summed E-state index contributed by atoms with van der Waals surface area (Å²) in [5, 5.41) is 1.86. The molecule has 0 nitrogen and oxygen atoms in total. The molecule has 124 valence electrons. The standard InChI is InChI=1S/C22H29F/c1-3-5-16-7-10-18(11-8-16)20-14-12-19-15-17(6-4-2)9-13-21(19)22(20)23/h9,12-16,18H,3-8,10-11H2,1-2H3. The summed E-state index contributed by atoms with van der Waals surface area (Å²) in [4.78, 5) is 0. The zero-order valence-corrected chi connectivity index (χ0v) is 14.6. The van der Waals surface area contributed by atoms with Crippen LogP contribution in [0.1, 0.15) is 75.8 Å². The molecular weight excluding hydrogens is 283 g/mol. The second-order valence-corrected chi connectivity index (χ2v) is 7.28. The van der Waals surface area contributed by atoms with E-state index in [0.29, 0.717) is 5.92 Å². The molecule has 3 rings (SSSR count). The number of fused-ring (bicyclic) bond motifs is 1. The zero-order chi connectivity index (χ0) is 16.2. The van der Waals surface area contributed by atoms with Crippen molar-refractivity contribution in [2.45, 2.75) is 71.1 Å². The van der Waals surface area contributed by atoms with Crippen molar-refractivity contribution in [3.63, 3.8) is 0 Å². The van der Waals surface area contributed by atoms with Crippen LogP contribution >= 0.6 is 0 Å². The smallest absolute Gasteiger partial charge is 0.134 e. The Bertz CT molecular complexity index is 650. The van der Waals surface area contributed by atoms with Crippen LogP contribution < -0.4 is 0 Å². The zero-order valence-electron chi connectivity index (χ0n) is 14.6. The molecule has 1 fully saturated rings. The lowest BCUT2D eigenvalue weighted by Gasteiger charge is -2.29. The lowest BCUT2D eigenvalue weighted by molar-refractivity contribution is 0.305. The van der Waals surface area contributed by atoms with E-state index in [9.17, 15) is 0 Å². The third-order valence-electron chi connectivity index (χ3n) is 5.57. The van der Waals surface area contributed by atoms with Gasteiger partial charge in [0, 0.05) is 5.39 Å². The second-order valence-electron chi connectivity index (χ2n) is 7.28. The summed E-state index contributed by atoms with van der Waals surface area (Å²) in [7, 11) is 0. The fourth-order valence-corrected chi connectivity index (χ4v) is 4.29. The molecule has 0 amide bonds. The van der Waals surface area contributed by atoms with Crippen LogP contribution in [0.2, 0.25) is 0 Å². The molecule has 1 aliphatic carbocycles. The molecule has 1 saturated carbocycles. The van der Waals surface area contributed by atoms with Gasteiger partial charge in [-0.2, -0.15) is 0 Å². The predicted octanol–water partition coefficient (Wildman–Crippen LogP) is 7.01. The number of aryl methyl sites for hydroxylation is 1. The van der Waals surface area contributed by atoms with E-state index in [1.165, 1.54) is 31.2 Å². The maximum Gasteiger partial charge on any atom is 0.134 e. The van der Waals surface area contributed by atoms with E-state index in [-0.39, 0.29) is 5.82 Å². The van der Waals surface area contributed by atoms with Crippen molar-refractivity contribution < 1.29 is 4.39 Å². The fraction of sp³-hybridized carbons (Fsp3) is 0.545. The first-order chi connectivity index (χ1) is 11.2. The largest absolute Gasteiger partial charge is 0.206 e. The highest BCUT2D eigenvalue weighted by Gasteiger charge is 2.24. The van der Waals surface area contributed by atoms with Gasteiger partial charge < -0.3 is 0 Å². The highest BCUT2D eigenvalue weighted by atomic mass is 19.1. The monoisotopic (exact) mass is 312 g/mol. The quantitative estimate of drug-likeness (QED) is 0.557. The summed E-state index contributed by atoms with van der Waals surface area (Å²) in [6.07, 6.45) is 9.67. The Morgan fingerprint density at radius 1 is 0.957 bits per heavy atom. The molecule has 0 spiro atoms. The number of hydrogen-bond donors (Lipinski definition) is 0. The average Bonchev–Trinajstić information content (AvgIpc) is 2.57. The molecule has 0 bridgehead atoms. The Kier molecular flexibility index (Phi) is 5.35. The van der Waals surface area contributed by atoms with Crippen molar-refractivity contribution in [3.8, 4) is 0 Å². The molecule has 0 atom stereocenters. The minimum Gasteiger partial charge on any atom is -0.206 e. The van der Waals surface area contributed by atoms with E-state index in [0.717, 1.165) is 47.9 Å².